The van der Waals surface area contributed by atoms with Gasteiger partial charge in [0, 0.05) is 59.8 Å². The van der Waals surface area contributed by atoms with E-state index in [4.69, 9.17) is 0 Å². The van der Waals surface area contributed by atoms with E-state index in [0.717, 1.165) is 0 Å². The van der Waals surface area contributed by atoms with Gasteiger partial charge in [-0.1, -0.05) is 72.1 Å². The highest BCUT2D eigenvalue weighted by atomic mass is 32.2. The summed E-state index contributed by atoms with van der Waals surface area (Å²) in [6.45, 7) is 0. The Bertz CT molecular complexity index is 1950. The summed E-state index contributed by atoms with van der Waals surface area (Å²) in [7, 11) is 2.17. The Labute approximate surface area is 253 Å². The SMILES string of the molecule is Cn1c2ccc(N3c4ccccc4Sc4ccccc43)cc2c2cc(N3c4ccccc4Sc4ccccc43)ccc21. The zero-order valence-corrected chi connectivity index (χ0v) is 24.5. The van der Waals surface area contributed by atoms with Crippen molar-refractivity contribution in [2.75, 3.05) is 9.80 Å². The van der Waals surface area contributed by atoms with Crippen LogP contribution in [-0.4, -0.2) is 4.57 Å². The highest BCUT2D eigenvalue weighted by molar-refractivity contribution is 8.00. The Balaban J connectivity index is 1.26. The molecule has 0 fully saturated rings. The lowest BCUT2D eigenvalue weighted by atomic mass is 10.1. The average Bonchev–Trinajstić information content (AvgIpc) is 3.32. The molecule has 9 rings (SSSR count). The van der Waals surface area contributed by atoms with Gasteiger partial charge >= 0.3 is 0 Å². The molecule has 0 bridgehead atoms. The molecule has 0 aliphatic carbocycles. The van der Waals surface area contributed by atoms with Crippen LogP contribution in [0.25, 0.3) is 21.8 Å². The molecule has 1 aromatic heterocycles. The van der Waals surface area contributed by atoms with Crippen molar-refractivity contribution in [1.29, 1.82) is 0 Å². The number of anilines is 6. The van der Waals surface area contributed by atoms with Gasteiger partial charge in [0.15, 0.2) is 0 Å². The first-order valence-electron chi connectivity index (χ1n) is 14.1. The molecule has 3 heterocycles. The van der Waals surface area contributed by atoms with Crippen molar-refractivity contribution >= 4 is 79.5 Å². The first-order valence-corrected chi connectivity index (χ1v) is 15.7. The van der Waals surface area contributed by atoms with Crippen molar-refractivity contribution in [3.63, 3.8) is 0 Å². The Morgan fingerprint density at radius 3 is 1.10 bits per heavy atom. The highest BCUT2D eigenvalue weighted by Crippen LogP contribution is 2.53. The number of benzene rings is 6. The summed E-state index contributed by atoms with van der Waals surface area (Å²) in [5.41, 5.74) is 9.70. The van der Waals surface area contributed by atoms with Gasteiger partial charge in [0.05, 0.1) is 22.7 Å². The van der Waals surface area contributed by atoms with Crippen LogP contribution in [0.15, 0.2) is 153 Å². The maximum atomic E-state index is 2.41. The van der Waals surface area contributed by atoms with Crippen molar-refractivity contribution in [3.8, 4) is 0 Å². The quantitative estimate of drug-likeness (QED) is 0.203. The number of rotatable bonds is 2. The minimum atomic E-state index is 1.17. The lowest BCUT2D eigenvalue weighted by Crippen LogP contribution is -2.14. The van der Waals surface area contributed by atoms with Crippen molar-refractivity contribution < 1.29 is 0 Å². The number of nitrogens with zero attached hydrogens (tertiary/aromatic N) is 3. The summed E-state index contributed by atoms with van der Waals surface area (Å²) < 4.78 is 2.32. The van der Waals surface area contributed by atoms with Gasteiger partial charge in [0.2, 0.25) is 0 Å². The Morgan fingerprint density at radius 1 is 0.405 bits per heavy atom. The summed E-state index contributed by atoms with van der Waals surface area (Å²) >= 11 is 3.69. The minimum absolute atomic E-state index is 1.17. The fourth-order valence-corrected chi connectivity index (χ4v) is 8.55. The van der Waals surface area contributed by atoms with Crippen molar-refractivity contribution in [3.05, 3.63) is 133 Å². The molecule has 0 radical (unpaired) electrons. The molecular formula is C37H25N3S2. The van der Waals surface area contributed by atoms with Crippen molar-refractivity contribution in [1.82, 2.24) is 4.57 Å². The molecule has 7 aromatic rings. The molecule has 0 N–H and O–H groups in total. The van der Waals surface area contributed by atoms with E-state index in [1.807, 2.05) is 23.5 Å². The minimum Gasteiger partial charge on any atom is -0.344 e. The van der Waals surface area contributed by atoms with Crippen molar-refractivity contribution in [2.45, 2.75) is 19.6 Å². The van der Waals surface area contributed by atoms with Gasteiger partial charge in [-0.3, -0.25) is 0 Å². The van der Waals surface area contributed by atoms with Gasteiger partial charge in [-0.2, -0.15) is 0 Å². The van der Waals surface area contributed by atoms with Gasteiger partial charge in [-0.25, -0.2) is 0 Å². The maximum Gasteiger partial charge on any atom is 0.0601 e. The Morgan fingerprint density at radius 2 is 0.738 bits per heavy atom. The summed E-state index contributed by atoms with van der Waals surface area (Å²) in [6, 6.07) is 48.7. The van der Waals surface area contributed by atoms with E-state index in [2.05, 4.69) is 155 Å². The fraction of sp³-hybridized carbons (Fsp3) is 0.0270. The normalized spacial score (nSPS) is 13.5. The second kappa shape index (κ2) is 9.21. The van der Waals surface area contributed by atoms with Crippen LogP contribution in [0.3, 0.4) is 0 Å². The Kier molecular flexibility index (Phi) is 5.28. The molecule has 0 saturated carbocycles. The molecule has 200 valence electrons. The molecule has 42 heavy (non-hydrogen) atoms. The molecule has 0 atom stereocenters. The van der Waals surface area contributed by atoms with E-state index >= 15 is 0 Å². The van der Waals surface area contributed by atoms with Crippen molar-refractivity contribution in [2.24, 2.45) is 7.05 Å². The van der Waals surface area contributed by atoms with Gasteiger partial charge in [-0.15, -0.1) is 0 Å². The second-order valence-corrected chi connectivity index (χ2v) is 12.9. The monoisotopic (exact) mass is 575 g/mol. The number of aromatic nitrogens is 1. The van der Waals surface area contributed by atoms with E-state index in [1.54, 1.807) is 0 Å². The lowest BCUT2D eigenvalue weighted by molar-refractivity contribution is 1.01. The zero-order valence-electron chi connectivity index (χ0n) is 22.9. The summed E-state index contributed by atoms with van der Waals surface area (Å²) in [6.07, 6.45) is 0. The molecule has 0 saturated heterocycles. The smallest absolute Gasteiger partial charge is 0.0601 e. The lowest BCUT2D eigenvalue weighted by Gasteiger charge is -2.33. The number of hydrogen-bond donors (Lipinski definition) is 0. The van der Waals surface area contributed by atoms with Crippen LogP contribution in [0.4, 0.5) is 34.1 Å². The standard InChI is InChI=1S/C37H25N3S2/c1-38-28-20-18-24(39-30-10-2-6-14-34(30)41-35-15-7-3-11-31(35)39)22-26(28)27-23-25(19-21-29(27)38)40-32-12-4-8-16-36(32)42-37-17-9-5-13-33(37)40/h2-23H,1H3. The molecule has 5 heteroatoms. The molecule has 0 unspecified atom stereocenters. The molecule has 2 aliphatic heterocycles. The van der Waals surface area contributed by atoms with Crippen LogP contribution in [0.5, 0.6) is 0 Å². The van der Waals surface area contributed by atoms with Crippen LogP contribution >= 0.6 is 23.5 Å². The number of fused-ring (bicyclic) bond motifs is 7. The van der Waals surface area contributed by atoms with Gasteiger partial charge < -0.3 is 14.4 Å². The van der Waals surface area contributed by atoms with Gasteiger partial charge in [0.1, 0.15) is 0 Å². The topological polar surface area (TPSA) is 11.4 Å². The van der Waals surface area contributed by atoms with Gasteiger partial charge in [0.25, 0.3) is 0 Å². The number of para-hydroxylation sites is 4. The predicted molar refractivity (Wildman–Crippen MR) is 178 cm³/mol. The molecule has 0 spiro atoms. The fourth-order valence-electron chi connectivity index (χ4n) is 6.44. The number of hydrogen-bond acceptors (Lipinski definition) is 4. The third-order valence-electron chi connectivity index (χ3n) is 8.35. The first-order chi connectivity index (χ1) is 20.7. The molecular weight excluding hydrogens is 551 g/mol. The second-order valence-electron chi connectivity index (χ2n) is 10.7. The maximum absolute atomic E-state index is 2.41. The summed E-state index contributed by atoms with van der Waals surface area (Å²) in [5, 5.41) is 2.51. The highest BCUT2D eigenvalue weighted by Gasteiger charge is 2.27. The van der Waals surface area contributed by atoms with E-state index in [-0.39, 0.29) is 0 Å². The largest absolute Gasteiger partial charge is 0.344 e. The third kappa shape index (κ3) is 3.50. The molecule has 6 aromatic carbocycles. The van der Waals surface area contributed by atoms with Crippen LogP contribution in [0.1, 0.15) is 0 Å². The number of aryl methyl sites for hydroxylation is 1. The summed E-state index contributed by atoms with van der Waals surface area (Å²) in [4.78, 5) is 9.93. The van der Waals surface area contributed by atoms with E-state index < -0.39 is 0 Å². The van der Waals surface area contributed by atoms with Crippen LogP contribution in [0, 0.1) is 0 Å². The molecule has 0 amide bonds. The molecule has 3 nitrogen and oxygen atoms in total. The third-order valence-corrected chi connectivity index (χ3v) is 10.6. The van der Waals surface area contributed by atoms with Crippen LogP contribution in [0.2, 0.25) is 0 Å². The predicted octanol–water partition coefficient (Wildman–Crippen LogP) is 11.2. The van der Waals surface area contributed by atoms with E-state index in [1.165, 1.54) is 75.5 Å². The average molecular weight is 576 g/mol. The zero-order chi connectivity index (χ0) is 27.8. The first kappa shape index (κ1) is 24.1. The van der Waals surface area contributed by atoms with E-state index in [9.17, 15) is 0 Å². The van der Waals surface area contributed by atoms with Gasteiger partial charge in [-0.05, 0) is 84.9 Å². The van der Waals surface area contributed by atoms with Crippen LogP contribution < -0.4 is 9.80 Å². The van der Waals surface area contributed by atoms with E-state index in [0.29, 0.717) is 0 Å². The molecule has 2 aliphatic rings. The van der Waals surface area contributed by atoms with Crippen LogP contribution in [-0.2, 0) is 7.05 Å². The Hall–Kier alpha value is -4.58. The summed E-state index contributed by atoms with van der Waals surface area (Å²) in [5.74, 6) is 0.